The van der Waals surface area contributed by atoms with Crippen molar-refractivity contribution in [2.24, 2.45) is 0 Å². The molecule has 2 aliphatic rings. The fourth-order valence-corrected chi connectivity index (χ4v) is 4.10. The molecule has 1 aromatic carbocycles. The summed E-state index contributed by atoms with van der Waals surface area (Å²) in [5.74, 6) is 0. The van der Waals surface area contributed by atoms with Gasteiger partial charge in [-0.2, -0.15) is 0 Å². The van der Waals surface area contributed by atoms with Crippen LogP contribution in [0, 0.1) is 0 Å². The minimum Gasteiger partial charge on any atom is -0.465 e. The minimum absolute atomic E-state index is 0.0685. The number of carbonyl (C=O) groups is 1. The number of hydrogen-bond donors (Lipinski definition) is 1. The predicted octanol–water partition coefficient (Wildman–Crippen LogP) is 2.74. The molecule has 26 heavy (non-hydrogen) atoms. The molecule has 2 fully saturated rings. The highest BCUT2D eigenvalue weighted by atomic mass is 35.5. The third kappa shape index (κ3) is 4.88. The average molecular weight is 383 g/mol. The van der Waals surface area contributed by atoms with Gasteiger partial charge in [0.1, 0.15) is 0 Å². The number of piperidine rings is 1. The Morgan fingerprint density at radius 3 is 2.62 bits per heavy atom. The molecule has 0 radical (unpaired) electrons. The zero-order valence-electron chi connectivity index (χ0n) is 15.1. The van der Waals surface area contributed by atoms with Crippen molar-refractivity contribution in [3.05, 3.63) is 34.9 Å². The van der Waals surface area contributed by atoms with Crippen LogP contribution >= 0.6 is 11.6 Å². The van der Waals surface area contributed by atoms with Crippen LogP contribution in [0.2, 0.25) is 5.02 Å². The number of nitrogens with zero attached hydrogens (tertiary/aromatic N) is 2. The lowest BCUT2D eigenvalue weighted by atomic mass is 9.96. The number of likely N-dealkylation sites (tertiary alicyclic amines) is 1. The lowest BCUT2D eigenvalue weighted by molar-refractivity contribution is -0.106. The quantitative estimate of drug-likeness (QED) is 0.848. The van der Waals surface area contributed by atoms with Gasteiger partial charge >= 0.3 is 6.09 Å². The summed E-state index contributed by atoms with van der Waals surface area (Å²) in [6, 6.07) is 8.63. The highest BCUT2D eigenvalue weighted by molar-refractivity contribution is 6.30. The molecule has 0 unspecified atom stereocenters. The second-order valence-electron chi connectivity index (χ2n) is 7.09. The van der Waals surface area contributed by atoms with Crippen molar-refractivity contribution in [1.29, 1.82) is 0 Å². The van der Waals surface area contributed by atoms with E-state index in [9.17, 15) is 9.90 Å². The van der Waals surface area contributed by atoms with E-state index in [2.05, 4.69) is 17.0 Å². The van der Waals surface area contributed by atoms with Crippen molar-refractivity contribution in [2.75, 3.05) is 40.0 Å². The van der Waals surface area contributed by atoms with E-state index in [4.69, 9.17) is 21.1 Å². The molecule has 3 rings (SSSR count). The Hall–Kier alpha value is -1.34. The van der Waals surface area contributed by atoms with Gasteiger partial charge in [0, 0.05) is 43.9 Å². The van der Waals surface area contributed by atoms with E-state index in [0.29, 0.717) is 32.3 Å². The fourth-order valence-electron chi connectivity index (χ4n) is 3.97. The Bertz CT molecular complexity index is 590. The van der Waals surface area contributed by atoms with Gasteiger partial charge in [-0.15, -0.1) is 0 Å². The van der Waals surface area contributed by atoms with Crippen LogP contribution in [0.3, 0.4) is 0 Å². The summed E-state index contributed by atoms with van der Waals surface area (Å²) in [4.78, 5) is 15.2. The lowest BCUT2D eigenvalue weighted by Gasteiger charge is -2.46. The Balaban J connectivity index is 1.67. The molecule has 0 saturated carbocycles. The lowest BCUT2D eigenvalue weighted by Crippen LogP contribution is -2.58. The first-order valence-electron chi connectivity index (χ1n) is 9.15. The van der Waals surface area contributed by atoms with E-state index in [1.165, 1.54) is 10.5 Å². The average Bonchev–Trinajstić information content (AvgIpc) is 2.65. The monoisotopic (exact) mass is 382 g/mol. The number of rotatable bonds is 5. The van der Waals surface area contributed by atoms with Crippen molar-refractivity contribution in [3.8, 4) is 0 Å². The molecule has 1 N–H and O–H groups in total. The van der Waals surface area contributed by atoms with Gasteiger partial charge in [0.25, 0.3) is 0 Å². The normalized spacial score (nSPS) is 25.4. The largest absolute Gasteiger partial charge is 0.465 e. The number of hydrogen-bond acceptors (Lipinski definition) is 4. The molecule has 0 bridgehead atoms. The number of amides is 1. The highest BCUT2D eigenvalue weighted by Crippen LogP contribution is 2.25. The molecule has 144 valence electrons. The van der Waals surface area contributed by atoms with Gasteiger partial charge in [0.2, 0.25) is 0 Å². The predicted molar refractivity (Wildman–Crippen MR) is 99.9 cm³/mol. The number of carboxylic acid groups (broad SMARTS) is 1. The second kappa shape index (κ2) is 9.04. The third-order valence-electron chi connectivity index (χ3n) is 5.35. The summed E-state index contributed by atoms with van der Waals surface area (Å²) in [6.45, 7) is 3.26. The van der Waals surface area contributed by atoms with Gasteiger partial charge in [-0.1, -0.05) is 23.7 Å². The SMILES string of the molecule is COC[C@H]1CN(C2CCN(C(=O)O)CC2)[C@@H](Cc2ccc(Cl)cc2)CO1. The molecule has 2 aliphatic heterocycles. The van der Waals surface area contributed by atoms with Gasteiger partial charge in [-0.25, -0.2) is 4.79 Å². The summed E-state index contributed by atoms with van der Waals surface area (Å²) < 4.78 is 11.3. The van der Waals surface area contributed by atoms with Gasteiger partial charge in [-0.3, -0.25) is 4.90 Å². The first kappa shape index (κ1) is 19.4. The Labute approximate surface area is 159 Å². The van der Waals surface area contributed by atoms with E-state index < -0.39 is 6.09 Å². The van der Waals surface area contributed by atoms with Crippen LogP contribution < -0.4 is 0 Å². The Morgan fingerprint density at radius 1 is 1.31 bits per heavy atom. The molecule has 2 atom stereocenters. The molecular formula is C19H27ClN2O4. The van der Waals surface area contributed by atoms with Crippen molar-refractivity contribution in [2.45, 2.75) is 37.5 Å². The van der Waals surface area contributed by atoms with Crippen LogP contribution in [0.5, 0.6) is 0 Å². The second-order valence-corrected chi connectivity index (χ2v) is 7.53. The van der Waals surface area contributed by atoms with Crippen molar-refractivity contribution >= 4 is 17.7 Å². The van der Waals surface area contributed by atoms with Crippen molar-refractivity contribution in [1.82, 2.24) is 9.80 Å². The van der Waals surface area contributed by atoms with Gasteiger partial charge < -0.3 is 19.5 Å². The van der Waals surface area contributed by atoms with E-state index in [1.54, 1.807) is 7.11 Å². The van der Waals surface area contributed by atoms with E-state index in [1.807, 2.05) is 12.1 Å². The van der Waals surface area contributed by atoms with Crippen LogP contribution in [0.25, 0.3) is 0 Å². The zero-order chi connectivity index (χ0) is 18.5. The Kier molecular flexibility index (Phi) is 6.75. The number of ether oxygens (including phenoxy) is 2. The smallest absolute Gasteiger partial charge is 0.407 e. The van der Waals surface area contributed by atoms with E-state index in [-0.39, 0.29) is 12.1 Å². The van der Waals surface area contributed by atoms with Crippen LogP contribution in [-0.4, -0.2) is 79.1 Å². The molecule has 6 nitrogen and oxygen atoms in total. The molecule has 0 spiro atoms. The van der Waals surface area contributed by atoms with E-state index in [0.717, 1.165) is 30.8 Å². The molecule has 1 aromatic rings. The summed E-state index contributed by atoms with van der Waals surface area (Å²) in [5, 5.41) is 9.92. The highest BCUT2D eigenvalue weighted by Gasteiger charge is 2.36. The molecule has 2 saturated heterocycles. The number of benzene rings is 1. The summed E-state index contributed by atoms with van der Waals surface area (Å²) >= 11 is 6.00. The van der Waals surface area contributed by atoms with Gasteiger partial charge in [0.05, 0.1) is 19.3 Å². The minimum atomic E-state index is -0.819. The van der Waals surface area contributed by atoms with Crippen LogP contribution in [0.4, 0.5) is 4.79 Å². The van der Waals surface area contributed by atoms with Crippen LogP contribution in [0.1, 0.15) is 18.4 Å². The zero-order valence-corrected chi connectivity index (χ0v) is 15.9. The third-order valence-corrected chi connectivity index (χ3v) is 5.60. The van der Waals surface area contributed by atoms with Crippen molar-refractivity contribution in [3.63, 3.8) is 0 Å². The Morgan fingerprint density at radius 2 is 2.00 bits per heavy atom. The number of halogens is 1. The topological polar surface area (TPSA) is 62.2 Å². The van der Waals surface area contributed by atoms with Crippen LogP contribution in [0.15, 0.2) is 24.3 Å². The maximum Gasteiger partial charge on any atom is 0.407 e. The fraction of sp³-hybridized carbons (Fsp3) is 0.632. The maximum atomic E-state index is 11.2. The van der Waals surface area contributed by atoms with E-state index >= 15 is 0 Å². The number of methoxy groups -OCH3 is 1. The standard InChI is InChI=1S/C19H27ClN2O4/c1-25-13-18-11-22(16-6-8-21(9-7-16)19(23)24)17(12-26-18)10-14-2-4-15(20)5-3-14/h2-5,16-18H,6-13H2,1H3,(H,23,24)/t17-,18+/m0/s1. The molecule has 0 aromatic heterocycles. The van der Waals surface area contributed by atoms with Crippen molar-refractivity contribution < 1.29 is 19.4 Å². The maximum absolute atomic E-state index is 11.2. The molecule has 0 aliphatic carbocycles. The summed E-state index contributed by atoms with van der Waals surface area (Å²) in [5.41, 5.74) is 1.24. The number of morpholine rings is 1. The molecule has 1 amide bonds. The first-order valence-corrected chi connectivity index (χ1v) is 9.53. The summed E-state index contributed by atoms with van der Waals surface area (Å²) in [6.07, 6.45) is 1.88. The molecular weight excluding hydrogens is 356 g/mol. The molecule has 2 heterocycles. The van der Waals surface area contributed by atoms with Gasteiger partial charge in [0.15, 0.2) is 0 Å². The summed E-state index contributed by atoms with van der Waals surface area (Å²) in [7, 11) is 1.69. The molecule has 7 heteroatoms. The first-order chi connectivity index (χ1) is 12.6. The van der Waals surface area contributed by atoms with Gasteiger partial charge in [-0.05, 0) is 37.0 Å². The van der Waals surface area contributed by atoms with Crippen LogP contribution in [-0.2, 0) is 15.9 Å².